The zero-order valence-electron chi connectivity index (χ0n) is 11.6. The van der Waals surface area contributed by atoms with Gasteiger partial charge in [0.2, 0.25) is 0 Å². The van der Waals surface area contributed by atoms with Gasteiger partial charge >= 0.3 is 5.97 Å². The van der Waals surface area contributed by atoms with Gasteiger partial charge in [-0.1, -0.05) is 25.4 Å². The van der Waals surface area contributed by atoms with Crippen LogP contribution in [0.25, 0.3) is 0 Å². The summed E-state index contributed by atoms with van der Waals surface area (Å²) in [7, 11) is 0. The molecule has 2 rings (SSSR count). The fourth-order valence-electron chi connectivity index (χ4n) is 3.31. The number of carboxylic acid groups (broad SMARTS) is 1. The van der Waals surface area contributed by atoms with E-state index >= 15 is 0 Å². The molecule has 0 amide bonds. The molecular formula is C15H19BrClNO2. The lowest BCUT2D eigenvalue weighted by Crippen LogP contribution is -2.51. The van der Waals surface area contributed by atoms with E-state index in [1.165, 1.54) is 0 Å². The first-order valence-corrected chi connectivity index (χ1v) is 7.96. The SMILES string of the molecule is CC1CC(C)CC(Nc2ccc(Cl)c(Br)c2)(C(=O)O)C1. The van der Waals surface area contributed by atoms with Crippen LogP contribution in [0.1, 0.15) is 33.1 Å². The van der Waals surface area contributed by atoms with Crippen LogP contribution in [0, 0.1) is 11.8 Å². The van der Waals surface area contributed by atoms with Crippen LogP contribution in [-0.4, -0.2) is 16.6 Å². The van der Waals surface area contributed by atoms with Crippen LogP contribution in [0.4, 0.5) is 5.69 Å². The average Bonchev–Trinajstić information content (AvgIpc) is 2.32. The molecule has 2 N–H and O–H groups in total. The molecule has 0 aromatic heterocycles. The lowest BCUT2D eigenvalue weighted by Gasteiger charge is -2.41. The molecule has 0 radical (unpaired) electrons. The number of halogens is 2. The summed E-state index contributed by atoms with van der Waals surface area (Å²) >= 11 is 9.35. The van der Waals surface area contributed by atoms with E-state index in [1.54, 1.807) is 6.07 Å². The van der Waals surface area contributed by atoms with E-state index < -0.39 is 11.5 Å². The van der Waals surface area contributed by atoms with E-state index in [2.05, 4.69) is 35.1 Å². The summed E-state index contributed by atoms with van der Waals surface area (Å²) in [5.41, 5.74) is -0.102. The monoisotopic (exact) mass is 359 g/mol. The molecule has 5 heteroatoms. The van der Waals surface area contributed by atoms with Gasteiger partial charge in [-0.15, -0.1) is 0 Å². The molecule has 20 heavy (non-hydrogen) atoms. The summed E-state index contributed by atoms with van der Waals surface area (Å²) in [6.45, 7) is 4.24. The Morgan fingerprint density at radius 3 is 2.50 bits per heavy atom. The Morgan fingerprint density at radius 2 is 2.00 bits per heavy atom. The standard InChI is InChI=1S/C15H19BrClNO2/c1-9-5-10(2)8-15(7-9,14(19)20)18-11-3-4-13(17)12(16)6-11/h3-4,6,9-10,18H,5,7-8H2,1-2H3,(H,19,20). The second-order valence-corrected chi connectivity index (χ2v) is 7.26. The summed E-state index contributed by atoms with van der Waals surface area (Å²) in [6, 6.07) is 5.41. The van der Waals surface area contributed by atoms with Crippen LogP contribution < -0.4 is 5.32 Å². The predicted octanol–water partition coefficient (Wildman–Crippen LogP) is 4.79. The van der Waals surface area contributed by atoms with Crippen LogP contribution in [0.15, 0.2) is 22.7 Å². The van der Waals surface area contributed by atoms with Crippen LogP contribution in [0.5, 0.6) is 0 Å². The Kier molecular flexibility index (Phi) is 4.65. The first-order valence-electron chi connectivity index (χ1n) is 6.79. The van der Waals surface area contributed by atoms with Crippen molar-refractivity contribution < 1.29 is 9.90 Å². The summed E-state index contributed by atoms with van der Waals surface area (Å²) < 4.78 is 0.765. The highest BCUT2D eigenvalue weighted by Crippen LogP contribution is 2.39. The van der Waals surface area contributed by atoms with Crippen molar-refractivity contribution in [2.45, 2.75) is 38.6 Å². The molecule has 3 nitrogen and oxygen atoms in total. The fourth-order valence-corrected chi connectivity index (χ4v) is 3.80. The summed E-state index contributed by atoms with van der Waals surface area (Å²) in [4.78, 5) is 11.8. The van der Waals surface area contributed by atoms with Crippen molar-refractivity contribution in [2.24, 2.45) is 11.8 Å². The molecule has 2 atom stereocenters. The Bertz CT molecular complexity index is 511. The number of anilines is 1. The van der Waals surface area contributed by atoms with Gasteiger partial charge in [-0.3, -0.25) is 0 Å². The molecule has 1 aliphatic carbocycles. The number of carboxylic acids is 1. The van der Waals surface area contributed by atoms with Gasteiger partial charge in [0.15, 0.2) is 0 Å². The highest BCUT2D eigenvalue weighted by molar-refractivity contribution is 9.10. The predicted molar refractivity (Wildman–Crippen MR) is 85.3 cm³/mol. The molecule has 1 saturated carbocycles. The van der Waals surface area contributed by atoms with Gasteiger partial charge in [0.1, 0.15) is 5.54 Å². The number of benzene rings is 1. The highest BCUT2D eigenvalue weighted by Gasteiger charge is 2.44. The largest absolute Gasteiger partial charge is 0.480 e. The third-order valence-electron chi connectivity index (χ3n) is 3.91. The molecule has 0 aliphatic heterocycles. The van der Waals surface area contributed by atoms with Gasteiger partial charge in [-0.2, -0.15) is 0 Å². The maximum atomic E-state index is 11.8. The second kappa shape index (κ2) is 5.94. The number of hydrogen-bond acceptors (Lipinski definition) is 2. The Hall–Kier alpha value is -0.740. The zero-order valence-corrected chi connectivity index (χ0v) is 14.0. The fraction of sp³-hybridized carbons (Fsp3) is 0.533. The Labute approximate surface area is 132 Å². The molecule has 1 aromatic rings. The van der Waals surface area contributed by atoms with E-state index in [-0.39, 0.29) is 0 Å². The lowest BCUT2D eigenvalue weighted by molar-refractivity contribution is -0.144. The average molecular weight is 361 g/mol. The summed E-state index contributed by atoms with van der Waals surface area (Å²) in [6.07, 6.45) is 2.38. The van der Waals surface area contributed by atoms with Gasteiger partial charge in [0, 0.05) is 10.2 Å². The van der Waals surface area contributed by atoms with Crippen molar-refractivity contribution >= 4 is 39.2 Å². The van der Waals surface area contributed by atoms with E-state index in [0.717, 1.165) is 16.6 Å². The minimum atomic E-state index is -0.885. The minimum Gasteiger partial charge on any atom is -0.480 e. The molecular weight excluding hydrogens is 342 g/mol. The van der Waals surface area contributed by atoms with Crippen molar-refractivity contribution in [3.05, 3.63) is 27.7 Å². The minimum absolute atomic E-state index is 0.401. The molecule has 0 heterocycles. The van der Waals surface area contributed by atoms with Crippen molar-refractivity contribution in [1.29, 1.82) is 0 Å². The van der Waals surface area contributed by atoms with E-state index in [0.29, 0.717) is 29.7 Å². The number of nitrogens with one attached hydrogen (secondary N) is 1. The molecule has 0 spiro atoms. The maximum Gasteiger partial charge on any atom is 0.329 e. The summed E-state index contributed by atoms with van der Waals surface area (Å²) in [5, 5.41) is 13.6. The first kappa shape index (κ1) is 15.6. The normalized spacial score (nSPS) is 30.0. The lowest BCUT2D eigenvalue weighted by atomic mass is 9.71. The van der Waals surface area contributed by atoms with Crippen LogP contribution in [-0.2, 0) is 4.79 Å². The van der Waals surface area contributed by atoms with Gasteiger partial charge < -0.3 is 10.4 Å². The molecule has 1 aliphatic rings. The maximum absolute atomic E-state index is 11.8. The zero-order chi connectivity index (χ0) is 14.9. The van der Waals surface area contributed by atoms with E-state index in [9.17, 15) is 9.90 Å². The number of rotatable bonds is 3. The first-order chi connectivity index (χ1) is 9.32. The third-order valence-corrected chi connectivity index (χ3v) is 5.13. The van der Waals surface area contributed by atoms with Crippen LogP contribution in [0.2, 0.25) is 5.02 Å². The topological polar surface area (TPSA) is 49.3 Å². The number of aliphatic carboxylic acids is 1. The third kappa shape index (κ3) is 3.29. The Balaban J connectivity index is 2.29. The smallest absolute Gasteiger partial charge is 0.329 e. The number of hydrogen-bond donors (Lipinski definition) is 2. The molecule has 0 bridgehead atoms. The molecule has 0 saturated heterocycles. The van der Waals surface area contributed by atoms with Crippen molar-refractivity contribution in [3.63, 3.8) is 0 Å². The van der Waals surface area contributed by atoms with Gasteiger partial charge in [0.05, 0.1) is 5.02 Å². The van der Waals surface area contributed by atoms with E-state index in [1.807, 2.05) is 12.1 Å². The van der Waals surface area contributed by atoms with Crippen LogP contribution >= 0.6 is 27.5 Å². The van der Waals surface area contributed by atoms with Crippen LogP contribution in [0.3, 0.4) is 0 Å². The molecule has 1 fully saturated rings. The van der Waals surface area contributed by atoms with Crippen molar-refractivity contribution in [3.8, 4) is 0 Å². The highest BCUT2D eigenvalue weighted by atomic mass is 79.9. The quantitative estimate of drug-likeness (QED) is 0.814. The van der Waals surface area contributed by atoms with Gasteiger partial charge in [-0.25, -0.2) is 4.79 Å². The van der Waals surface area contributed by atoms with Crippen molar-refractivity contribution in [1.82, 2.24) is 0 Å². The molecule has 1 aromatic carbocycles. The van der Waals surface area contributed by atoms with Gasteiger partial charge in [-0.05, 0) is 65.2 Å². The Morgan fingerprint density at radius 1 is 1.40 bits per heavy atom. The van der Waals surface area contributed by atoms with Gasteiger partial charge in [0.25, 0.3) is 0 Å². The number of carbonyl (C=O) groups is 1. The van der Waals surface area contributed by atoms with Crippen molar-refractivity contribution in [2.75, 3.05) is 5.32 Å². The second-order valence-electron chi connectivity index (χ2n) is 6.00. The molecule has 110 valence electrons. The summed E-state index contributed by atoms with van der Waals surface area (Å²) in [5.74, 6) is 0.0261. The van der Waals surface area contributed by atoms with E-state index in [4.69, 9.17) is 11.6 Å². The molecule has 2 unspecified atom stereocenters.